The van der Waals surface area contributed by atoms with Gasteiger partial charge in [-0.25, -0.2) is 4.39 Å². The molecular weight excluding hydrogens is 220 g/mol. The molecule has 4 heteroatoms. The molecule has 1 heterocycles. The van der Waals surface area contributed by atoms with Gasteiger partial charge in [-0.15, -0.1) is 0 Å². The summed E-state index contributed by atoms with van der Waals surface area (Å²) in [6.45, 7) is 0. The van der Waals surface area contributed by atoms with Gasteiger partial charge in [-0.05, 0) is 6.07 Å². The first-order chi connectivity index (χ1) is 4.74. The molecule has 0 unspecified atom stereocenters. The van der Waals surface area contributed by atoms with Gasteiger partial charge in [-0.3, -0.25) is 4.98 Å². The molecule has 0 amide bonds. The van der Waals surface area contributed by atoms with E-state index in [2.05, 4.69) is 20.9 Å². The number of rotatable bonds is 1. The maximum absolute atomic E-state index is 12.3. The van der Waals surface area contributed by atoms with Gasteiger partial charge < -0.3 is 0 Å². The molecule has 0 aliphatic rings. The van der Waals surface area contributed by atoms with Crippen LogP contribution < -0.4 is 0 Å². The number of aromatic nitrogens is 1. The molecule has 1 aromatic heterocycles. The summed E-state index contributed by atoms with van der Waals surface area (Å²) in [4.78, 5) is 3.74. The minimum Gasteiger partial charge on any atom is -0.256 e. The third kappa shape index (κ3) is 1.67. The first-order valence-corrected chi connectivity index (χ1v) is 4.10. The molecule has 1 nitrogen and oxygen atoms in total. The van der Waals surface area contributed by atoms with Gasteiger partial charge in [0.05, 0.1) is 16.9 Å². The molecule has 0 bridgehead atoms. The van der Waals surface area contributed by atoms with Crippen molar-refractivity contribution < 1.29 is 4.39 Å². The maximum Gasteiger partial charge on any atom is 0.142 e. The Kier molecular flexibility index (Phi) is 2.63. The zero-order valence-electron chi connectivity index (χ0n) is 4.94. The van der Waals surface area contributed by atoms with Crippen molar-refractivity contribution in [2.45, 2.75) is 5.33 Å². The molecule has 0 aliphatic carbocycles. The van der Waals surface area contributed by atoms with Crippen molar-refractivity contribution in [2.75, 3.05) is 0 Å². The van der Waals surface area contributed by atoms with Crippen molar-refractivity contribution in [1.29, 1.82) is 0 Å². The van der Waals surface area contributed by atoms with Crippen LogP contribution in [0, 0.1) is 5.82 Å². The Labute approximate surface area is 71.4 Å². The molecule has 0 fully saturated rings. The summed E-state index contributed by atoms with van der Waals surface area (Å²) in [7, 11) is 0. The molecule has 0 N–H and O–H groups in total. The predicted molar refractivity (Wildman–Crippen MR) is 41.8 cm³/mol. The fourth-order valence-electron chi connectivity index (χ4n) is 0.541. The lowest BCUT2D eigenvalue weighted by molar-refractivity contribution is 0.620. The average molecular weight is 224 g/mol. The lowest BCUT2D eigenvalue weighted by Crippen LogP contribution is -1.87. The van der Waals surface area contributed by atoms with Crippen LogP contribution >= 0.6 is 27.5 Å². The minimum atomic E-state index is -0.408. The third-order valence-electron chi connectivity index (χ3n) is 1.01. The Hall–Kier alpha value is -0.150. The van der Waals surface area contributed by atoms with Crippen molar-refractivity contribution in [3.63, 3.8) is 0 Å². The van der Waals surface area contributed by atoms with Gasteiger partial charge in [0.2, 0.25) is 0 Å². The summed E-state index contributed by atoms with van der Waals surface area (Å²) < 4.78 is 12.3. The molecular formula is C6H4BrClFN. The van der Waals surface area contributed by atoms with Gasteiger partial charge in [-0.1, -0.05) is 27.5 Å². The number of hydrogen-bond donors (Lipinski definition) is 0. The van der Waals surface area contributed by atoms with Crippen LogP contribution in [0.2, 0.25) is 5.02 Å². The van der Waals surface area contributed by atoms with Crippen LogP contribution in [0.15, 0.2) is 12.3 Å². The fraction of sp³-hybridized carbons (Fsp3) is 0.167. The highest BCUT2D eigenvalue weighted by atomic mass is 79.9. The van der Waals surface area contributed by atoms with Crippen LogP contribution in [0.25, 0.3) is 0 Å². The third-order valence-corrected chi connectivity index (χ3v) is 1.87. The van der Waals surface area contributed by atoms with Crippen LogP contribution in [0.3, 0.4) is 0 Å². The Balaban J connectivity index is 3.07. The van der Waals surface area contributed by atoms with Crippen LogP contribution in [-0.2, 0) is 5.33 Å². The SMILES string of the molecule is Fc1cnc(CBr)c(Cl)c1. The monoisotopic (exact) mass is 223 g/mol. The normalized spacial score (nSPS) is 9.90. The Morgan fingerprint density at radius 1 is 1.70 bits per heavy atom. The second-order valence-electron chi connectivity index (χ2n) is 1.72. The molecule has 0 saturated heterocycles. The largest absolute Gasteiger partial charge is 0.256 e. The lowest BCUT2D eigenvalue weighted by atomic mass is 10.4. The molecule has 0 spiro atoms. The second kappa shape index (κ2) is 3.30. The minimum absolute atomic E-state index is 0.358. The van der Waals surface area contributed by atoms with Gasteiger partial charge in [-0.2, -0.15) is 0 Å². The van der Waals surface area contributed by atoms with Gasteiger partial charge in [0, 0.05) is 5.33 Å². The van der Waals surface area contributed by atoms with Crippen molar-refractivity contribution >= 4 is 27.5 Å². The molecule has 0 radical (unpaired) electrons. The van der Waals surface area contributed by atoms with E-state index in [4.69, 9.17) is 11.6 Å². The molecule has 0 aromatic carbocycles. The Morgan fingerprint density at radius 2 is 2.40 bits per heavy atom. The van der Waals surface area contributed by atoms with E-state index in [1.165, 1.54) is 6.07 Å². The van der Waals surface area contributed by atoms with Gasteiger partial charge in [0.1, 0.15) is 5.82 Å². The second-order valence-corrected chi connectivity index (χ2v) is 2.68. The predicted octanol–water partition coefficient (Wildman–Crippen LogP) is 2.77. The molecule has 54 valence electrons. The first kappa shape index (κ1) is 7.95. The highest BCUT2D eigenvalue weighted by Gasteiger charge is 2.00. The summed E-state index contributed by atoms with van der Waals surface area (Å²) in [5, 5.41) is 0.906. The Morgan fingerprint density at radius 3 is 2.90 bits per heavy atom. The van der Waals surface area contributed by atoms with E-state index >= 15 is 0 Å². The van der Waals surface area contributed by atoms with E-state index in [-0.39, 0.29) is 0 Å². The van der Waals surface area contributed by atoms with E-state index in [0.717, 1.165) is 6.20 Å². The number of nitrogens with zero attached hydrogens (tertiary/aromatic N) is 1. The van der Waals surface area contributed by atoms with Crippen LogP contribution in [0.5, 0.6) is 0 Å². The highest BCUT2D eigenvalue weighted by molar-refractivity contribution is 9.08. The van der Waals surface area contributed by atoms with Crippen molar-refractivity contribution in [1.82, 2.24) is 4.98 Å². The molecule has 0 atom stereocenters. The number of hydrogen-bond acceptors (Lipinski definition) is 1. The van der Waals surface area contributed by atoms with E-state index in [0.29, 0.717) is 16.0 Å². The van der Waals surface area contributed by atoms with Crippen molar-refractivity contribution in [3.05, 3.63) is 28.8 Å². The molecule has 10 heavy (non-hydrogen) atoms. The highest BCUT2D eigenvalue weighted by Crippen LogP contribution is 2.16. The molecule has 0 aliphatic heterocycles. The van der Waals surface area contributed by atoms with E-state index < -0.39 is 5.82 Å². The Bertz CT molecular complexity index is 241. The summed E-state index contributed by atoms with van der Waals surface area (Å²) in [5.74, 6) is -0.408. The quantitative estimate of drug-likeness (QED) is 0.669. The lowest BCUT2D eigenvalue weighted by Gasteiger charge is -1.96. The van der Waals surface area contributed by atoms with Crippen molar-refractivity contribution in [3.8, 4) is 0 Å². The molecule has 1 rings (SSSR count). The summed E-state index contributed by atoms with van der Waals surface area (Å²) in [6, 6.07) is 1.24. The molecule has 1 aromatic rings. The van der Waals surface area contributed by atoms with Crippen LogP contribution in [0.4, 0.5) is 4.39 Å². The first-order valence-electron chi connectivity index (χ1n) is 2.60. The van der Waals surface area contributed by atoms with Crippen LogP contribution in [0.1, 0.15) is 5.69 Å². The number of halogens is 3. The number of alkyl halides is 1. The zero-order valence-corrected chi connectivity index (χ0v) is 7.28. The smallest absolute Gasteiger partial charge is 0.142 e. The maximum atomic E-state index is 12.3. The molecule has 0 saturated carbocycles. The zero-order chi connectivity index (χ0) is 7.56. The average Bonchev–Trinajstić information content (AvgIpc) is 1.88. The van der Waals surface area contributed by atoms with Gasteiger partial charge in [0.25, 0.3) is 0 Å². The van der Waals surface area contributed by atoms with E-state index in [1.807, 2.05) is 0 Å². The van der Waals surface area contributed by atoms with Crippen molar-refractivity contribution in [2.24, 2.45) is 0 Å². The number of pyridine rings is 1. The summed E-state index contributed by atoms with van der Waals surface area (Å²) in [5.41, 5.74) is 0.656. The standard InChI is InChI=1S/C6H4BrClFN/c7-2-6-5(8)1-4(9)3-10-6/h1,3H,2H2. The van der Waals surface area contributed by atoms with E-state index in [1.54, 1.807) is 0 Å². The topological polar surface area (TPSA) is 12.9 Å². The fourth-order valence-corrected chi connectivity index (χ4v) is 1.37. The van der Waals surface area contributed by atoms with Gasteiger partial charge >= 0.3 is 0 Å². The summed E-state index contributed by atoms with van der Waals surface area (Å²) >= 11 is 8.76. The summed E-state index contributed by atoms with van der Waals surface area (Å²) in [6.07, 6.45) is 1.14. The van der Waals surface area contributed by atoms with Gasteiger partial charge in [0.15, 0.2) is 0 Å². The van der Waals surface area contributed by atoms with E-state index in [9.17, 15) is 4.39 Å². The van der Waals surface area contributed by atoms with Crippen LogP contribution in [-0.4, -0.2) is 4.98 Å².